The van der Waals surface area contributed by atoms with E-state index in [1.54, 1.807) is 37.3 Å². The Kier molecular flexibility index (Phi) is 6.61. The third-order valence-corrected chi connectivity index (χ3v) is 7.15. The van der Waals surface area contributed by atoms with Gasteiger partial charge in [0.2, 0.25) is 5.91 Å². The molecular formula is C24H17Cl4FN2O2. The van der Waals surface area contributed by atoms with Crippen LogP contribution >= 0.6 is 46.4 Å². The van der Waals surface area contributed by atoms with Crippen LogP contribution in [0.25, 0.3) is 0 Å². The van der Waals surface area contributed by atoms with E-state index in [1.165, 1.54) is 24.3 Å². The molecule has 2 unspecified atom stereocenters. The molecule has 170 valence electrons. The second-order valence-corrected chi connectivity index (χ2v) is 10.0. The van der Waals surface area contributed by atoms with Crippen molar-refractivity contribution < 1.29 is 14.0 Å². The zero-order chi connectivity index (χ0) is 23.9. The van der Waals surface area contributed by atoms with E-state index in [-0.39, 0.29) is 10.9 Å². The molecule has 0 aliphatic heterocycles. The topological polar surface area (TPSA) is 58.2 Å². The molecule has 4 rings (SSSR count). The summed E-state index contributed by atoms with van der Waals surface area (Å²) in [5.41, 5.74) is 2.37. The molecule has 3 aromatic rings. The van der Waals surface area contributed by atoms with Gasteiger partial charge >= 0.3 is 0 Å². The maximum Gasteiger partial charge on any atom is 0.256 e. The number of amides is 2. The van der Waals surface area contributed by atoms with E-state index in [4.69, 9.17) is 46.4 Å². The van der Waals surface area contributed by atoms with Crippen molar-refractivity contribution in [2.75, 3.05) is 10.6 Å². The van der Waals surface area contributed by atoms with Crippen molar-refractivity contribution in [3.05, 3.63) is 93.2 Å². The van der Waals surface area contributed by atoms with Crippen LogP contribution in [-0.2, 0) is 4.79 Å². The van der Waals surface area contributed by atoms with Crippen LogP contribution in [0.5, 0.6) is 0 Å². The van der Waals surface area contributed by atoms with Gasteiger partial charge in [0.25, 0.3) is 5.91 Å². The molecule has 1 aliphatic rings. The molecule has 1 aliphatic carbocycles. The van der Waals surface area contributed by atoms with Gasteiger partial charge in [-0.3, -0.25) is 9.59 Å². The normalized spacial score (nSPS) is 18.5. The van der Waals surface area contributed by atoms with Gasteiger partial charge in [-0.05, 0) is 54.4 Å². The smallest absolute Gasteiger partial charge is 0.256 e. The van der Waals surface area contributed by atoms with Gasteiger partial charge < -0.3 is 10.6 Å². The number of nitrogens with one attached hydrogen (secondary N) is 2. The summed E-state index contributed by atoms with van der Waals surface area (Å²) in [6.07, 6.45) is 0. The Balaban J connectivity index is 1.54. The van der Waals surface area contributed by atoms with E-state index in [0.29, 0.717) is 33.1 Å². The Labute approximate surface area is 210 Å². The van der Waals surface area contributed by atoms with E-state index in [1.807, 2.05) is 6.07 Å². The van der Waals surface area contributed by atoms with Crippen molar-refractivity contribution in [3.63, 3.8) is 0 Å². The summed E-state index contributed by atoms with van der Waals surface area (Å²) < 4.78 is 12.1. The van der Waals surface area contributed by atoms with E-state index in [0.717, 1.165) is 0 Å². The first-order chi connectivity index (χ1) is 15.6. The molecule has 0 bridgehead atoms. The lowest BCUT2D eigenvalue weighted by Gasteiger charge is -2.13. The second kappa shape index (κ2) is 9.15. The van der Waals surface area contributed by atoms with Crippen LogP contribution in [0.2, 0.25) is 10.0 Å². The minimum Gasteiger partial charge on any atom is -0.326 e. The van der Waals surface area contributed by atoms with Crippen molar-refractivity contribution in [1.29, 1.82) is 0 Å². The Hall–Kier alpha value is -2.31. The molecule has 4 nitrogen and oxygen atoms in total. The predicted molar refractivity (Wildman–Crippen MR) is 131 cm³/mol. The number of hydrogen-bond acceptors (Lipinski definition) is 2. The third-order valence-electron chi connectivity index (χ3n) is 5.53. The van der Waals surface area contributed by atoms with Crippen molar-refractivity contribution >= 4 is 69.6 Å². The van der Waals surface area contributed by atoms with Crippen molar-refractivity contribution in [2.45, 2.75) is 17.2 Å². The first-order valence-electron chi connectivity index (χ1n) is 9.89. The summed E-state index contributed by atoms with van der Waals surface area (Å²) in [5, 5.41) is 5.76. The number of para-hydroxylation sites is 1. The zero-order valence-corrected chi connectivity index (χ0v) is 20.2. The van der Waals surface area contributed by atoms with E-state index >= 15 is 0 Å². The largest absolute Gasteiger partial charge is 0.326 e. The van der Waals surface area contributed by atoms with Crippen LogP contribution < -0.4 is 10.6 Å². The minimum absolute atomic E-state index is 0.0814. The molecule has 3 aromatic carbocycles. The fourth-order valence-electron chi connectivity index (χ4n) is 3.70. The quantitative estimate of drug-likeness (QED) is 0.345. The highest BCUT2D eigenvalue weighted by Crippen LogP contribution is 2.65. The minimum atomic E-state index is -1.38. The van der Waals surface area contributed by atoms with Gasteiger partial charge in [0, 0.05) is 27.9 Å². The number of rotatable bonds is 5. The molecule has 2 N–H and O–H groups in total. The number of alkyl halides is 2. The molecule has 0 heterocycles. The number of hydrogen-bond donors (Lipinski definition) is 2. The Morgan fingerprint density at radius 1 is 0.909 bits per heavy atom. The lowest BCUT2D eigenvalue weighted by molar-refractivity contribution is -0.117. The fraction of sp³-hybridized carbons (Fsp3) is 0.167. The molecule has 1 fully saturated rings. The molecule has 0 spiro atoms. The van der Waals surface area contributed by atoms with Crippen LogP contribution in [0.1, 0.15) is 27.4 Å². The summed E-state index contributed by atoms with van der Waals surface area (Å²) in [7, 11) is 0. The summed E-state index contributed by atoms with van der Waals surface area (Å²) in [5.74, 6) is -2.78. The van der Waals surface area contributed by atoms with Gasteiger partial charge in [0.05, 0.1) is 10.9 Å². The van der Waals surface area contributed by atoms with E-state index in [9.17, 15) is 14.0 Å². The molecule has 0 aromatic heterocycles. The van der Waals surface area contributed by atoms with Gasteiger partial charge in [-0.25, -0.2) is 4.39 Å². The molecular weight excluding hydrogens is 509 g/mol. The predicted octanol–water partition coefficient (Wildman–Crippen LogP) is 7.22. The monoisotopic (exact) mass is 524 g/mol. The van der Waals surface area contributed by atoms with Gasteiger partial charge in [-0.15, -0.1) is 23.2 Å². The lowest BCUT2D eigenvalue weighted by Crippen LogP contribution is -2.19. The maximum absolute atomic E-state index is 13.5. The van der Waals surface area contributed by atoms with Gasteiger partial charge in [-0.2, -0.15) is 0 Å². The van der Waals surface area contributed by atoms with Crippen molar-refractivity contribution in [1.82, 2.24) is 0 Å². The fourth-order valence-corrected chi connectivity index (χ4v) is 4.94. The molecule has 2 atom stereocenters. The summed E-state index contributed by atoms with van der Waals surface area (Å²) in [4.78, 5) is 25.8. The molecule has 1 saturated carbocycles. The highest BCUT2D eigenvalue weighted by Gasteiger charge is 2.67. The molecule has 0 radical (unpaired) electrons. The van der Waals surface area contributed by atoms with Gasteiger partial charge in [0.1, 0.15) is 10.2 Å². The highest BCUT2D eigenvalue weighted by molar-refractivity contribution is 6.53. The standard InChI is InChI=1S/C24H17Cl4FN2O2/c1-12-16(22(32)30-14-5-3-2-4-6-14)10-15(11-17(12)25)31-23(33)21-20(24(21,27)28)13-7-8-19(29)18(26)9-13/h2-11,20-21H,1H3,(H,30,32)(H,31,33). The molecule has 33 heavy (non-hydrogen) atoms. The van der Waals surface area contributed by atoms with E-state index in [2.05, 4.69) is 10.6 Å². The number of benzene rings is 3. The highest BCUT2D eigenvalue weighted by atomic mass is 35.5. The van der Waals surface area contributed by atoms with Crippen LogP contribution in [0, 0.1) is 18.7 Å². The SMILES string of the molecule is Cc1c(Cl)cc(NC(=O)C2C(c3ccc(F)c(Cl)c3)C2(Cl)Cl)cc1C(=O)Nc1ccccc1. The molecule has 0 saturated heterocycles. The maximum atomic E-state index is 13.5. The summed E-state index contributed by atoms with van der Waals surface area (Å²) >= 11 is 24.9. The number of carbonyl (C=O) groups excluding carboxylic acids is 2. The van der Waals surface area contributed by atoms with Gasteiger partial charge in [-0.1, -0.05) is 47.5 Å². The lowest BCUT2D eigenvalue weighted by atomic mass is 10.1. The molecule has 2 amide bonds. The number of anilines is 2. The van der Waals surface area contributed by atoms with Gasteiger partial charge in [0.15, 0.2) is 0 Å². The Morgan fingerprint density at radius 2 is 1.61 bits per heavy atom. The summed E-state index contributed by atoms with van der Waals surface area (Å²) in [6, 6.07) is 16.1. The first-order valence-corrected chi connectivity index (χ1v) is 11.4. The van der Waals surface area contributed by atoms with Crippen molar-refractivity contribution in [3.8, 4) is 0 Å². The van der Waals surface area contributed by atoms with Crippen LogP contribution in [0.15, 0.2) is 60.7 Å². The van der Waals surface area contributed by atoms with Crippen LogP contribution in [-0.4, -0.2) is 16.1 Å². The second-order valence-electron chi connectivity index (χ2n) is 7.74. The van der Waals surface area contributed by atoms with E-state index < -0.39 is 27.9 Å². The summed E-state index contributed by atoms with van der Waals surface area (Å²) in [6.45, 7) is 1.71. The zero-order valence-electron chi connectivity index (χ0n) is 17.1. The molecule has 9 heteroatoms. The number of halogens is 5. The van der Waals surface area contributed by atoms with Crippen molar-refractivity contribution in [2.24, 2.45) is 5.92 Å². The van der Waals surface area contributed by atoms with Crippen LogP contribution in [0.3, 0.4) is 0 Å². The third kappa shape index (κ3) is 4.82. The Bertz CT molecular complexity index is 1250. The number of carbonyl (C=O) groups is 2. The first kappa shape index (κ1) is 23.8. The average molecular weight is 526 g/mol. The average Bonchev–Trinajstić information content (AvgIpc) is 3.35. The van der Waals surface area contributed by atoms with Crippen LogP contribution in [0.4, 0.5) is 15.8 Å². The Morgan fingerprint density at radius 3 is 2.27 bits per heavy atom.